The van der Waals surface area contributed by atoms with Crippen LogP contribution in [-0.4, -0.2) is 37.2 Å². The summed E-state index contributed by atoms with van der Waals surface area (Å²) in [5.41, 5.74) is 0. The van der Waals surface area contributed by atoms with Crippen LogP contribution in [0, 0.1) is 0 Å². The number of rotatable bonds is 50. The van der Waals surface area contributed by atoms with Gasteiger partial charge in [0.25, 0.3) is 0 Å². The Hall–Kier alpha value is -4.45. The molecule has 6 nitrogen and oxygen atoms in total. The van der Waals surface area contributed by atoms with Crippen LogP contribution in [-0.2, 0) is 28.6 Å². The van der Waals surface area contributed by atoms with Crippen molar-refractivity contribution < 1.29 is 28.6 Å². The van der Waals surface area contributed by atoms with Crippen LogP contribution in [0.1, 0.15) is 239 Å². The van der Waals surface area contributed by atoms with E-state index in [0.29, 0.717) is 19.3 Å². The number of carbonyl (C=O) groups is 3. The van der Waals surface area contributed by atoms with Crippen LogP contribution in [0.25, 0.3) is 0 Å². The van der Waals surface area contributed by atoms with E-state index in [9.17, 15) is 14.4 Å². The van der Waals surface area contributed by atoms with Gasteiger partial charge in [0.2, 0.25) is 0 Å². The van der Waals surface area contributed by atoms with Crippen molar-refractivity contribution >= 4 is 17.9 Å². The zero-order valence-electron chi connectivity index (χ0n) is 45.7. The van der Waals surface area contributed by atoms with Gasteiger partial charge in [-0.25, -0.2) is 0 Å². The summed E-state index contributed by atoms with van der Waals surface area (Å²) in [7, 11) is 0. The summed E-state index contributed by atoms with van der Waals surface area (Å²) in [5, 5.41) is 0. The number of allylic oxidation sites excluding steroid dienone is 22. The van der Waals surface area contributed by atoms with Crippen molar-refractivity contribution in [3.63, 3.8) is 0 Å². The standard InChI is InChI=1S/C65H104O6/c1-4-7-10-13-16-19-22-25-28-31-32-35-37-40-43-46-49-52-55-58-64(67)70-61-62(71-65(68)59-56-53-50-47-44-41-38-34-30-27-24-21-18-15-12-9-6-3)60-69-63(66)57-54-51-48-45-42-39-36-33-29-26-23-20-17-14-11-8-5-2/h9,12,16-21,25-30,32,35,38,40-41,43,47,50,62H,4-8,10-11,13-15,22-24,31,33-34,36-37,39,42,44-46,48-49,51-61H2,1-3H3/b12-9-,19-16-,20-17-,21-18-,28-25-,29-26-,30-27-,35-32-,41-38-,43-40-,50-47-/t62-/m0/s1. The van der Waals surface area contributed by atoms with E-state index in [1.54, 1.807) is 0 Å². The van der Waals surface area contributed by atoms with E-state index < -0.39 is 6.10 Å². The highest BCUT2D eigenvalue weighted by atomic mass is 16.6. The second kappa shape index (κ2) is 58.1. The van der Waals surface area contributed by atoms with Crippen molar-refractivity contribution in [3.8, 4) is 0 Å². The summed E-state index contributed by atoms with van der Waals surface area (Å²) in [6.07, 6.45) is 81.5. The maximum Gasteiger partial charge on any atom is 0.306 e. The highest BCUT2D eigenvalue weighted by Crippen LogP contribution is 2.13. The lowest BCUT2D eigenvalue weighted by molar-refractivity contribution is -0.167. The maximum absolute atomic E-state index is 12.8. The van der Waals surface area contributed by atoms with E-state index in [4.69, 9.17) is 14.2 Å². The molecule has 0 radical (unpaired) electrons. The van der Waals surface area contributed by atoms with Crippen LogP contribution < -0.4 is 0 Å². The zero-order valence-corrected chi connectivity index (χ0v) is 45.7. The van der Waals surface area contributed by atoms with E-state index in [0.717, 1.165) is 116 Å². The minimum absolute atomic E-state index is 0.120. The molecule has 0 rings (SSSR count). The lowest BCUT2D eigenvalue weighted by Crippen LogP contribution is -2.30. The minimum Gasteiger partial charge on any atom is -0.462 e. The van der Waals surface area contributed by atoms with Crippen LogP contribution in [0.3, 0.4) is 0 Å². The molecule has 0 aliphatic rings. The molecule has 0 unspecified atom stereocenters. The number of ether oxygens (including phenoxy) is 3. The third-order valence-electron chi connectivity index (χ3n) is 11.6. The van der Waals surface area contributed by atoms with Crippen molar-refractivity contribution in [1.29, 1.82) is 0 Å². The summed E-state index contributed by atoms with van der Waals surface area (Å²) in [4.78, 5) is 38.2. The molecule has 0 bridgehead atoms. The normalized spacial score (nSPS) is 13.1. The SMILES string of the molecule is CC/C=C\C/C=C\C/C=C\C/C=C\C/C=C\CCCC(=O)O[C@H](COC(=O)CCCCC/C=C\C/C=C\C/C=C\C/C=C\CCCCC)COC(=O)CCCCCCCCC/C=C\C/C=C\CCCCC. The number of hydrogen-bond acceptors (Lipinski definition) is 6. The first-order valence-electron chi connectivity index (χ1n) is 28.7. The number of esters is 3. The molecule has 0 N–H and O–H groups in total. The molecule has 0 amide bonds. The summed E-state index contributed by atoms with van der Waals surface area (Å²) in [5.74, 6) is -1.02. The number of carbonyl (C=O) groups excluding carboxylic acids is 3. The van der Waals surface area contributed by atoms with Gasteiger partial charge in [-0.2, -0.15) is 0 Å². The fourth-order valence-electron chi connectivity index (χ4n) is 7.31. The van der Waals surface area contributed by atoms with Gasteiger partial charge in [-0.1, -0.05) is 219 Å². The van der Waals surface area contributed by atoms with E-state index in [2.05, 4.69) is 154 Å². The Bertz CT molecular complexity index is 1550. The Morgan fingerprint density at radius 1 is 0.296 bits per heavy atom. The van der Waals surface area contributed by atoms with Gasteiger partial charge in [-0.15, -0.1) is 0 Å². The van der Waals surface area contributed by atoms with Crippen LogP contribution in [0.15, 0.2) is 134 Å². The summed E-state index contributed by atoms with van der Waals surface area (Å²) in [6, 6.07) is 0. The van der Waals surface area contributed by atoms with Gasteiger partial charge in [-0.05, 0) is 135 Å². The van der Waals surface area contributed by atoms with Gasteiger partial charge in [0.15, 0.2) is 6.10 Å². The van der Waals surface area contributed by atoms with E-state index >= 15 is 0 Å². The van der Waals surface area contributed by atoms with Gasteiger partial charge in [0.1, 0.15) is 13.2 Å². The monoisotopic (exact) mass is 981 g/mol. The quantitative estimate of drug-likeness (QED) is 0.0262. The van der Waals surface area contributed by atoms with Gasteiger partial charge >= 0.3 is 17.9 Å². The maximum atomic E-state index is 12.8. The fourth-order valence-corrected chi connectivity index (χ4v) is 7.31. The van der Waals surface area contributed by atoms with Gasteiger partial charge in [-0.3, -0.25) is 14.4 Å². The van der Waals surface area contributed by atoms with Crippen molar-refractivity contribution in [1.82, 2.24) is 0 Å². The molecule has 0 aromatic rings. The zero-order chi connectivity index (χ0) is 51.4. The Morgan fingerprint density at radius 2 is 0.563 bits per heavy atom. The molecule has 6 heteroatoms. The first kappa shape index (κ1) is 66.6. The van der Waals surface area contributed by atoms with Crippen LogP contribution >= 0.6 is 0 Å². The van der Waals surface area contributed by atoms with E-state index in [1.165, 1.54) is 77.0 Å². The molecule has 400 valence electrons. The molecular formula is C65H104O6. The van der Waals surface area contributed by atoms with Crippen LogP contribution in [0.2, 0.25) is 0 Å². The summed E-state index contributed by atoms with van der Waals surface area (Å²) in [6.45, 7) is 6.38. The first-order chi connectivity index (χ1) is 35.0. The van der Waals surface area contributed by atoms with Gasteiger partial charge < -0.3 is 14.2 Å². The first-order valence-corrected chi connectivity index (χ1v) is 28.7. The molecule has 0 fully saturated rings. The molecule has 0 saturated heterocycles. The highest BCUT2D eigenvalue weighted by Gasteiger charge is 2.19. The Balaban J connectivity index is 4.57. The van der Waals surface area contributed by atoms with E-state index in [-0.39, 0.29) is 37.5 Å². The second-order valence-corrected chi connectivity index (χ2v) is 18.5. The number of hydrogen-bond donors (Lipinski definition) is 0. The molecule has 0 spiro atoms. The fraction of sp³-hybridized carbons (Fsp3) is 0.615. The van der Waals surface area contributed by atoms with Crippen LogP contribution in [0.5, 0.6) is 0 Å². The van der Waals surface area contributed by atoms with E-state index in [1.807, 2.05) is 0 Å². The van der Waals surface area contributed by atoms with Crippen molar-refractivity contribution in [3.05, 3.63) is 134 Å². The summed E-state index contributed by atoms with van der Waals surface area (Å²) < 4.78 is 16.8. The molecule has 1 atom stereocenters. The Labute approximate surface area is 436 Å². The summed E-state index contributed by atoms with van der Waals surface area (Å²) >= 11 is 0. The molecule has 0 aliphatic carbocycles. The minimum atomic E-state index is -0.830. The molecule has 0 aliphatic heterocycles. The average Bonchev–Trinajstić information content (AvgIpc) is 3.37. The number of unbranched alkanes of at least 4 members (excludes halogenated alkanes) is 17. The highest BCUT2D eigenvalue weighted by molar-refractivity contribution is 5.71. The average molecular weight is 982 g/mol. The molecular weight excluding hydrogens is 877 g/mol. The van der Waals surface area contributed by atoms with Crippen molar-refractivity contribution in [2.75, 3.05) is 13.2 Å². The van der Waals surface area contributed by atoms with Crippen molar-refractivity contribution in [2.45, 2.75) is 245 Å². The third kappa shape index (κ3) is 56.3. The molecule has 0 aromatic heterocycles. The molecule has 0 heterocycles. The third-order valence-corrected chi connectivity index (χ3v) is 11.6. The Kier molecular flexibility index (Phi) is 54.5. The largest absolute Gasteiger partial charge is 0.462 e. The molecule has 71 heavy (non-hydrogen) atoms. The smallest absolute Gasteiger partial charge is 0.306 e. The van der Waals surface area contributed by atoms with Crippen molar-refractivity contribution in [2.24, 2.45) is 0 Å². The second-order valence-electron chi connectivity index (χ2n) is 18.5. The predicted molar refractivity (Wildman–Crippen MR) is 306 cm³/mol. The Morgan fingerprint density at radius 3 is 0.915 bits per heavy atom. The molecule has 0 saturated carbocycles. The molecule has 0 aromatic carbocycles. The predicted octanol–water partition coefficient (Wildman–Crippen LogP) is 19.4. The topological polar surface area (TPSA) is 78.9 Å². The van der Waals surface area contributed by atoms with Gasteiger partial charge in [0.05, 0.1) is 0 Å². The van der Waals surface area contributed by atoms with Crippen LogP contribution in [0.4, 0.5) is 0 Å². The lowest BCUT2D eigenvalue weighted by atomic mass is 10.1. The van der Waals surface area contributed by atoms with Gasteiger partial charge in [0, 0.05) is 19.3 Å². The lowest BCUT2D eigenvalue weighted by Gasteiger charge is -2.18.